The van der Waals surface area contributed by atoms with Crippen LogP contribution in [-0.4, -0.2) is 22.9 Å². The van der Waals surface area contributed by atoms with Crippen LogP contribution in [0.5, 0.6) is 0 Å². The van der Waals surface area contributed by atoms with Crippen molar-refractivity contribution in [3.05, 3.63) is 70.0 Å². The molecule has 1 heterocycles. The molecule has 0 spiro atoms. The van der Waals surface area contributed by atoms with Crippen molar-refractivity contribution in [3.8, 4) is 0 Å². The van der Waals surface area contributed by atoms with Crippen molar-refractivity contribution in [2.24, 2.45) is 0 Å². The zero-order valence-corrected chi connectivity index (χ0v) is 15.7. The fourth-order valence-electron chi connectivity index (χ4n) is 2.53. The summed E-state index contributed by atoms with van der Waals surface area (Å²) in [6, 6.07) is 11.9. The third kappa shape index (κ3) is 6.08. The molecule has 0 unspecified atom stereocenters. The van der Waals surface area contributed by atoms with Gasteiger partial charge in [-0.2, -0.15) is 0 Å². The average Bonchev–Trinajstić information content (AvgIpc) is 3.16. The summed E-state index contributed by atoms with van der Waals surface area (Å²) in [6.07, 6.45) is 2.93. The highest BCUT2D eigenvalue weighted by atomic mass is 16.6. The van der Waals surface area contributed by atoms with Gasteiger partial charge in [0.25, 0.3) is 5.91 Å². The maximum Gasteiger partial charge on any atom is 0.433 e. The number of benzene rings is 1. The fraction of sp³-hybridized carbons (Fsp3) is 0.300. The van der Waals surface area contributed by atoms with E-state index in [1.165, 1.54) is 25.1 Å². The van der Waals surface area contributed by atoms with Crippen molar-refractivity contribution in [1.29, 1.82) is 0 Å². The van der Waals surface area contributed by atoms with Crippen LogP contribution in [0.4, 0.5) is 5.88 Å². The molecule has 1 aromatic carbocycles. The number of nitro groups is 1. The van der Waals surface area contributed by atoms with Crippen molar-refractivity contribution < 1.29 is 23.7 Å². The summed E-state index contributed by atoms with van der Waals surface area (Å²) in [5.41, 5.74) is 0.982. The van der Waals surface area contributed by atoms with Gasteiger partial charge in [-0.05, 0) is 31.1 Å². The monoisotopic (exact) mass is 386 g/mol. The minimum Gasteiger partial charge on any atom is -0.449 e. The van der Waals surface area contributed by atoms with Gasteiger partial charge in [0.2, 0.25) is 0 Å². The molecular weight excluding hydrogens is 364 g/mol. The molecular formula is C20H22N2O6. The molecule has 0 aliphatic carbocycles. The fourth-order valence-corrected chi connectivity index (χ4v) is 2.53. The van der Waals surface area contributed by atoms with Crippen LogP contribution in [0.1, 0.15) is 44.1 Å². The van der Waals surface area contributed by atoms with E-state index in [2.05, 4.69) is 5.32 Å². The Morgan fingerprint density at radius 2 is 1.96 bits per heavy atom. The second-order valence-corrected chi connectivity index (χ2v) is 6.11. The van der Waals surface area contributed by atoms with Gasteiger partial charge in [0.15, 0.2) is 6.10 Å². The Bertz CT molecular complexity index is 843. The van der Waals surface area contributed by atoms with Crippen LogP contribution in [0.25, 0.3) is 6.08 Å². The summed E-state index contributed by atoms with van der Waals surface area (Å²) in [4.78, 5) is 34.2. The highest BCUT2D eigenvalue weighted by molar-refractivity contribution is 5.90. The molecule has 0 aliphatic heterocycles. The Labute approximate surface area is 162 Å². The van der Waals surface area contributed by atoms with Gasteiger partial charge in [0.05, 0.1) is 12.1 Å². The maximum absolute atomic E-state index is 12.4. The SMILES string of the molecule is CCC[C@H](NC(=O)[C@H](C)OC(=O)/C=C/c1ccc([N+](=O)[O-])o1)c1ccccc1. The predicted molar refractivity (Wildman–Crippen MR) is 102 cm³/mol. The Hall–Kier alpha value is -3.42. The molecule has 0 bridgehead atoms. The first-order valence-corrected chi connectivity index (χ1v) is 8.89. The summed E-state index contributed by atoms with van der Waals surface area (Å²) in [7, 11) is 0. The van der Waals surface area contributed by atoms with Gasteiger partial charge in [-0.1, -0.05) is 43.7 Å². The molecule has 1 N–H and O–H groups in total. The molecule has 0 saturated carbocycles. The lowest BCUT2D eigenvalue weighted by molar-refractivity contribution is -0.402. The van der Waals surface area contributed by atoms with Crippen LogP contribution in [0.15, 0.2) is 53.0 Å². The molecule has 8 heteroatoms. The second-order valence-electron chi connectivity index (χ2n) is 6.11. The van der Waals surface area contributed by atoms with Crippen molar-refractivity contribution in [2.45, 2.75) is 38.8 Å². The molecule has 2 rings (SSSR count). The molecule has 28 heavy (non-hydrogen) atoms. The number of nitrogens with one attached hydrogen (secondary N) is 1. The van der Waals surface area contributed by atoms with E-state index in [0.717, 1.165) is 24.5 Å². The minimum atomic E-state index is -0.994. The summed E-state index contributed by atoms with van der Waals surface area (Å²) in [6.45, 7) is 3.50. The highest BCUT2D eigenvalue weighted by Crippen LogP contribution is 2.19. The number of esters is 1. The topological polar surface area (TPSA) is 112 Å². The molecule has 1 aromatic heterocycles. The molecule has 0 fully saturated rings. The zero-order chi connectivity index (χ0) is 20.5. The number of carbonyl (C=O) groups excluding carboxylic acids is 2. The zero-order valence-electron chi connectivity index (χ0n) is 15.7. The van der Waals surface area contributed by atoms with Crippen molar-refractivity contribution in [2.75, 3.05) is 0 Å². The molecule has 0 saturated heterocycles. The predicted octanol–water partition coefficient (Wildman–Crippen LogP) is 3.79. The van der Waals surface area contributed by atoms with Gasteiger partial charge in [0.1, 0.15) is 10.7 Å². The van der Waals surface area contributed by atoms with Crippen molar-refractivity contribution in [1.82, 2.24) is 5.32 Å². The smallest absolute Gasteiger partial charge is 0.433 e. The Kier molecular flexibility index (Phi) is 7.50. The van der Waals surface area contributed by atoms with Gasteiger partial charge in [-0.3, -0.25) is 14.9 Å². The molecule has 8 nitrogen and oxygen atoms in total. The Morgan fingerprint density at radius 1 is 1.25 bits per heavy atom. The minimum absolute atomic E-state index is 0.132. The molecule has 148 valence electrons. The van der Waals surface area contributed by atoms with Gasteiger partial charge in [0, 0.05) is 6.08 Å². The van der Waals surface area contributed by atoms with E-state index in [4.69, 9.17) is 9.15 Å². The quantitative estimate of drug-likeness (QED) is 0.304. The number of ether oxygens (including phenoxy) is 1. The first kappa shape index (κ1) is 20.9. The summed E-state index contributed by atoms with van der Waals surface area (Å²) < 4.78 is 9.99. The van der Waals surface area contributed by atoms with Gasteiger partial charge in [-0.25, -0.2) is 4.79 Å². The molecule has 2 aromatic rings. The van der Waals surface area contributed by atoms with Gasteiger partial charge in [-0.15, -0.1) is 0 Å². The number of amides is 1. The normalized spacial score (nSPS) is 13.1. The van der Waals surface area contributed by atoms with E-state index in [9.17, 15) is 19.7 Å². The Morgan fingerprint density at radius 3 is 2.57 bits per heavy atom. The summed E-state index contributed by atoms with van der Waals surface area (Å²) in [5, 5.41) is 13.5. The van der Waals surface area contributed by atoms with E-state index in [-0.39, 0.29) is 11.8 Å². The average molecular weight is 386 g/mol. The van der Waals surface area contributed by atoms with Crippen LogP contribution in [0, 0.1) is 10.1 Å². The third-order valence-corrected chi connectivity index (χ3v) is 3.93. The van der Waals surface area contributed by atoms with Crippen LogP contribution >= 0.6 is 0 Å². The van der Waals surface area contributed by atoms with E-state index in [0.29, 0.717) is 0 Å². The summed E-state index contributed by atoms with van der Waals surface area (Å²) in [5.74, 6) is -1.46. The lowest BCUT2D eigenvalue weighted by Crippen LogP contribution is -2.38. The molecule has 0 radical (unpaired) electrons. The standard InChI is InChI=1S/C20H22N2O6/c1-3-7-17(15-8-5-4-6-9-15)21-20(24)14(2)27-19(23)13-11-16-10-12-18(28-16)22(25)26/h4-6,8-14,17H,3,7H2,1-2H3,(H,21,24)/b13-11+/t14-,17-/m0/s1. The van der Waals surface area contributed by atoms with Crippen molar-refractivity contribution >= 4 is 23.8 Å². The van der Waals surface area contributed by atoms with Gasteiger partial charge < -0.3 is 14.5 Å². The third-order valence-electron chi connectivity index (χ3n) is 3.93. The van der Waals surface area contributed by atoms with Gasteiger partial charge >= 0.3 is 11.9 Å². The van der Waals surface area contributed by atoms with Crippen LogP contribution < -0.4 is 5.32 Å². The number of furan rings is 1. The lowest BCUT2D eigenvalue weighted by atomic mass is 10.0. The molecule has 0 aliphatic rings. The summed E-state index contributed by atoms with van der Waals surface area (Å²) >= 11 is 0. The maximum atomic E-state index is 12.4. The van der Waals surface area contributed by atoms with Crippen LogP contribution in [0.3, 0.4) is 0 Å². The number of hydrogen-bond donors (Lipinski definition) is 1. The number of hydrogen-bond acceptors (Lipinski definition) is 6. The van der Waals surface area contributed by atoms with Crippen LogP contribution in [-0.2, 0) is 14.3 Å². The number of nitrogens with zero attached hydrogens (tertiary/aromatic N) is 1. The molecule has 2 atom stereocenters. The second kappa shape index (κ2) is 10.1. The molecule has 1 amide bonds. The largest absolute Gasteiger partial charge is 0.449 e. The highest BCUT2D eigenvalue weighted by Gasteiger charge is 2.21. The van der Waals surface area contributed by atoms with E-state index in [1.807, 2.05) is 37.3 Å². The first-order chi connectivity index (χ1) is 13.4. The Balaban J connectivity index is 1.91. The van der Waals surface area contributed by atoms with Crippen LogP contribution in [0.2, 0.25) is 0 Å². The van der Waals surface area contributed by atoms with E-state index in [1.54, 1.807) is 0 Å². The van der Waals surface area contributed by atoms with Crippen molar-refractivity contribution in [3.63, 3.8) is 0 Å². The lowest BCUT2D eigenvalue weighted by Gasteiger charge is -2.21. The van der Waals surface area contributed by atoms with E-state index < -0.39 is 28.8 Å². The first-order valence-electron chi connectivity index (χ1n) is 8.89. The number of carbonyl (C=O) groups is 2. The number of rotatable bonds is 9. The van der Waals surface area contributed by atoms with E-state index >= 15 is 0 Å².